The predicted octanol–water partition coefficient (Wildman–Crippen LogP) is 6.42. The number of hydrogen-bond donors (Lipinski definition) is 0. The molecule has 0 saturated carbocycles. The Kier molecular flexibility index (Phi) is 7.18. The van der Waals surface area contributed by atoms with E-state index in [2.05, 4.69) is 15.9 Å². The van der Waals surface area contributed by atoms with Gasteiger partial charge in [0.15, 0.2) is 5.75 Å². The van der Waals surface area contributed by atoms with E-state index < -0.39 is 16.0 Å². The summed E-state index contributed by atoms with van der Waals surface area (Å²) in [7, 11) is -4.01. The molecule has 0 aromatic heterocycles. The number of nitrogens with zero attached hydrogens (tertiary/aromatic N) is 1. The molecule has 2 amide bonds. The molecule has 1 fully saturated rings. The number of benzene rings is 3. The Balaban J connectivity index is 1.52. The Bertz CT molecular complexity index is 1420. The summed E-state index contributed by atoms with van der Waals surface area (Å²) in [6.45, 7) is 1.94. The Labute approximate surface area is 214 Å². The summed E-state index contributed by atoms with van der Waals surface area (Å²) in [5, 5.41) is 0.0880. The lowest BCUT2D eigenvalue weighted by atomic mass is 10.2. The molecule has 6 nitrogen and oxygen atoms in total. The number of amides is 2. The number of imide groups is 1. The summed E-state index contributed by atoms with van der Waals surface area (Å²) >= 11 is 10.3. The van der Waals surface area contributed by atoms with Crippen molar-refractivity contribution in [1.29, 1.82) is 0 Å². The maximum Gasteiger partial charge on any atom is 0.339 e. The van der Waals surface area contributed by atoms with E-state index in [1.165, 1.54) is 18.2 Å². The first-order valence-corrected chi connectivity index (χ1v) is 13.3. The largest absolute Gasteiger partial charge is 0.378 e. The maximum atomic E-state index is 12.8. The average molecular weight is 579 g/mol. The molecule has 1 aliphatic rings. The molecule has 0 atom stereocenters. The molecule has 3 aromatic rings. The van der Waals surface area contributed by atoms with Crippen molar-refractivity contribution in [1.82, 2.24) is 4.90 Å². The van der Waals surface area contributed by atoms with Crippen LogP contribution in [-0.2, 0) is 21.5 Å². The quantitative estimate of drug-likeness (QED) is 0.248. The van der Waals surface area contributed by atoms with Gasteiger partial charge in [-0.25, -0.2) is 0 Å². The SMILES string of the molecule is Cc1ccc(S(=O)(=O)Oc2ccc(/C=C3\SC(=O)N(Cc4ccccc4Cl)C3=O)cc2Br)cc1. The number of thioether (sulfide) groups is 1. The summed E-state index contributed by atoms with van der Waals surface area (Å²) in [4.78, 5) is 26.7. The van der Waals surface area contributed by atoms with Gasteiger partial charge in [-0.15, -0.1) is 0 Å². The van der Waals surface area contributed by atoms with Crippen LogP contribution >= 0.6 is 39.3 Å². The van der Waals surface area contributed by atoms with Crippen molar-refractivity contribution in [3.63, 3.8) is 0 Å². The molecular formula is C24H17BrClNO5S2. The molecule has 0 unspecified atom stereocenters. The molecule has 0 aliphatic carbocycles. The van der Waals surface area contributed by atoms with E-state index in [1.807, 2.05) is 6.92 Å². The minimum Gasteiger partial charge on any atom is -0.378 e. The monoisotopic (exact) mass is 577 g/mol. The van der Waals surface area contributed by atoms with E-state index in [9.17, 15) is 18.0 Å². The lowest BCUT2D eigenvalue weighted by molar-refractivity contribution is -0.123. The van der Waals surface area contributed by atoms with Crippen LogP contribution in [0.15, 0.2) is 81.0 Å². The van der Waals surface area contributed by atoms with Gasteiger partial charge in [-0.2, -0.15) is 8.42 Å². The van der Waals surface area contributed by atoms with Gasteiger partial charge >= 0.3 is 10.1 Å². The number of rotatable bonds is 6. The van der Waals surface area contributed by atoms with Gasteiger partial charge in [-0.3, -0.25) is 14.5 Å². The van der Waals surface area contributed by atoms with Crippen LogP contribution in [0.5, 0.6) is 5.75 Å². The average Bonchev–Trinajstić information content (AvgIpc) is 3.04. The molecule has 4 rings (SSSR count). The first-order chi connectivity index (χ1) is 16.1. The molecule has 34 heavy (non-hydrogen) atoms. The van der Waals surface area contributed by atoms with E-state index in [4.69, 9.17) is 15.8 Å². The molecular weight excluding hydrogens is 562 g/mol. The highest BCUT2D eigenvalue weighted by molar-refractivity contribution is 9.10. The summed E-state index contributed by atoms with van der Waals surface area (Å²) < 4.78 is 30.8. The van der Waals surface area contributed by atoms with Gasteiger partial charge in [0, 0.05) is 5.02 Å². The Morgan fingerprint density at radius 3 is 2.44 bits per heavy atom. The van der Waals surface area contributed by atoms with Crippen LogP contribution in [0.25, 0.3) is 6.08 Å². The normalized spacial score (nSPS) is 15.3. The standard InChI is InChI=1S/C24H17BrClNO5S2/c1-15-6-9-18(10-7-15)34(30,31)32-21-11-8-16(12-19(21)25)13-22-23(28)27(24(29)33-22)14-17-4-2-3-5-20(17)26/h2-13H,14H2,1H3/b22-13-. The highest BCUT2D eigenvalue weighted by atomic mass is 79.9. The van der Waals surface area contributed by atoms with Crippen LogP contribution in [0.2, 0.25) is 5.02 Å². The van der Waals surface area contributed by atoms with Gasteiger partial charge in [0.25, 0.3) is 11.1 Å². The predicted molar refractivity (Wildman–Crippen MR) is 136 cm³/mol. The molecule has 1 heterocycles. The van der Waals surface area contributed by atoms with Crippen molar-refractivity contribution in [2.75, 3.05) is 0 Å². The maximum absolute atomic E-state index is 12.8. The van der Waals surface area contributed by atoms with Crippen LogP contribution in [0, 0.1) is 6.92 Å². The molecule has 174 valence electrons. The van der Waals surface area contributed by atoms with Gasteiger partial charge in [-0.05, 0) is 82.2 Å². The zero-order chi connectivity index (χ0) is 24.5. The fourth-order valence-electron chi connectivity index (χ4n) is 3.13. The first kappa shape index (κ1) is 24.5. The van der Waals surface area contributed by atoms with Crippen molar-refractivity contribution < 1.29 is 22.2 Å². The zero-order valence-corrected chi connectivity index (χ0v) is 21.7. The van der Waals surface area contributed by atoms with E-state index in [0.717, 1.165) is 22.2 Å². The van der Waals surface area contributed by atoms with Gasteiger partial charge in [0.05, 0.1) is 15.9 Å². The minimum absolute atomic E-state index is 0.0428. The Hall–Kier alpha value is -2.59. The van der Waals surface area contributed by atoms with E-state index in [-0.39, 0.29) is 27.3 Å². The summed E-state index contributed by atoms with van der Waals surface area (Å²) in [5.74, 6) is -0.321. The first-order valence-electron chi connectivity index (χ1n) is 9.93. The number of hydrogen-bond acceptors (Lipinski definition) is 6. The van der Waals surface area contributed by atoms with Crippen molar-refractivity contribution in [2.45, 2.75) is 18.4 Å². The second kappa shape index (κ2) is 9.95. The van der Waals surface area contributed by atoms with Crippen LogP contribution in [0.4, 0.5) is 4.79 Å². The smallest absolute Gasteiger partial charge is 0.339 e. The van der Waals surface area contributed by atoms with Crippen molar-refractivity contribution in [3.8, 4) is 5.75 Å². The molecule has 0 spiro atoms. The second-order valence-corrected chi connectivity index (χ2v) is 11.2. The van der Waals surface area contributed by atoms with Gasteiger partial charge in [-0.1, -0.05) is 53.6 Å². The fourth-order valence-corrected chi connectivity index (χ4v) is 5.70. The second-order valence-electron chi connectivity index (χ2n) is 7.40. The number of aryl methyl sites for hydroxylation is 1. The Morgan fingerprint density at radius 2 is 1.76 bits per heavy atom. The fraction of sp³-hybridized carbons (Fsp3) is 0.0833. The molecule has 1 saturated heterocycles. The molecule has 0 bridgehead atoms. The van der Waals surface area contributed by atoms with Crippen molar-refractivity contribution in [3.05, 3.63) is 97.8 Å². The highest BCUT2D eigenvalue weighted by Gasteiger charge is 2.35. The number of carbonyl (C=O) groups excluding carboxylic acids is 2. The van der Waals surface area contributed by atoms with E-state index in [1.54, 1.807) is 54.6 Å². The number of carbonyl (C=O) groups is 2. The minimum atomic E-state index is -4.01. The van der Waals surface area contributed by atoms with Crippen molar-refractivity contribution >= 4 is 66.6 Å². The molecule has 1 aliphatic heterocycles. The molecule has 0 radical (unpaired) electrons. The lowest BCUT2D eigenvalue weighted by Gasteiger charge is -2.13. The third-order valence-electron chi connectivity index (χ3n) is 4.92. The molecule has 10 heteroatoms. The van der Waals surface area contributed by atoms with Crippen LogP contribution in [0.1, 0.15) is 16.7 Å². The van der Waals surface area contributed by atoms with Gasteiger partial charge in [0.1, 0.15) is 4.90 Å². The van der Waals surface area contributed by atoms with E-state index in [0.29, 0.717) is 20.6 Å². The molecule has 0 N–H and O–H groups in total. The van der Waals surface area contributed by atoms with E-state index >= 15 is 0 Å². The lowest BCUT2D eigenvalue weighted by Crippen LogP contribution is -2.27. The summed E-state index contributed by atoms with van der Waals surface area (Å²) in [6, 6.07) is 18.1. The highest BCUT2D eigenvalue weighted by Crippen LogP contribution is 2.36. The van der Waals surface area contributed by atoms with Gasteiger partial charge < -0.3 is 4.18 Å². The topological polar surface area (TPSA) is 80.8 Å². The summed E-state index contributed by atoms with van der Waals surface area (Å²) in [5.41, 5.74) is 2.20. The summed E-state index contributed by atoms with van der Waals surface area (Å²) in [6.07, 6.45) is 1.57. The third kappa shape index (κ3) is 5.38. The number of halogens is 2. The zero-order valence-electron chi connectivity index (χ0n) is 17.7. The van der Waals surface area contributed by atoms with Gasteiger partial charge in [0.2, 0.25) is 0 Å². The molecule has 3 aromatic carbocycles. The Morgan fingerprint density at radius 1 is 1.06 bits per heavy atom. The third-order valence-corrected chi connectivity index (χ3v) is 8.07. The van der Waals surface area contributed by atoms with Crippen LogP contribution < -0.4 is 4.18 Å². The van der Waals surface area contributed by atoms with Crippen LogP contribution in [-0.4, -0.2) is 24.5 Å². The van der Waals surface area contributed by atoms with Crippen LogP contribution in [0.3, 0.4) is 0 Å². The van der Waals surface area contributed by atoms with Crippen molar-refractivity contribution in [2.24, 2.45) is 0 Å².